The number of ether oxygens (including phenoxy) is 1. The molecule has 0 amide bonds. The fourth-order valence-electron chi connectivity index (χ4n) is 3.51. The van der Waals surface area contributed by atoms with E-state index in [1.165, 1.54) is 11.1 Å². The van der Waals surface area contributed by atoms with Crippen molar-refractivity contribution in [1.29, 1.82) is 5.26 Å². The van der Waals surface area contributed by atoms with Crippen molar-refractivity contribution in [3.8, 4) is 11.9 Å². The molecule has 1 aliphatic rings. The maximum atomic E-state index is 8.95. The molecular weight excluding hydrogens is 432 g/mol. The number of anilines is 1. The molecule has 1 atom stereocenters. The fourth-order valence-corrected chi connectivity index (χ4v) is 3.51. The van der Waals surface area contributed by atoms with Gasteiger partial charge in [0, 0.05) is 12.7 Å². The Bertz CT molecular complexity index is 1080. The van der Waals surface area contributed by atoms with Crippen molar-refractivity contribution in [3.05, 3.63) is 95.2 Å². The van der Waals surface area contributed by atoms with E-state index >= 15 is 0 Å². The molecule has 2 heterocycles. The molecule has 1 aromatic heterocycles. The molecule has 0 saturated carbocycles. The van der Waals surface area contributed by atoms with Crippen molar-refractivity contribution in [2.75, 3.05) is 25.0 Å². The van der Waals surface area contributed by atoms with E-state index in [4.69, 9.17) is 10.00 Å². The number of nitrogens with one attached hydrogen (secondary N) is 2. The van der Waals surface area contributed by atoms with Crippen LogP contribution in [-0.4, -0.2) is 30.7 Å². The molecule has 0 saturated heterocycles. The number of hydrogen-bond donors (Lipinski definition) is 2. The van der Waals surface area contributed by atoms with Gasteiger partial charge in [-0.3, -0.25) is 0 Å². The lowest BCUT2D eigenvalue weighted by molar-refractivity contribution is 0.194. The van der Waals surface area contributed by atoms with Gasteiger partial charge < -0.3 is 15.4 Å². The van der Waals surface area contributed by atoms with Crippen LogP contribution < -0.4 is 15.4 Å². The Hall–Kier alpha value is -3.62. The van der Waals surface area contributed by atoms with Gasteiger partial charge in [-0.2, -0.15) is 5.26 Å². The zero-order chi connectivity index (χ0) is 25.5. The van der Waals surface area contributed by atoms with Crippen LogP contribution in [-0.2, 0) is 6.42 Å². The molecule has 2 aromatic carbocycles. The van der Waals surface area contributed by atoms with Crippen molar-refractivity contribution in [1.82, 2.24) is 10.3 Å². The number of benzene rings is 2. The lowest BCUT2D eigenvalue weighted by atomic mass is 10.0. The predicted molar refractivity (Wildman–Crippen MR) is 147 cm³/mol. The molecule has 0 fully saturated rings. The molecular formula is C30H38N4O. The summed E-state index contributed by atoms with van der Waals surface area (Å²) in [5.41, 5.74) is 6.42. The number of aromatic nitrogens is 1. The van der Waals surface area contributed by atoms with E-state index in [9.17, 15) is 0 Å². The van der Waals surface area contributed by atoms with Crippen molar-refractivity contribution < 1.29 is 4.74 Å². The van der Waals surface area contributed by atoms with Gasteiger partial charge in [0.15, 0.2) is 0 Å². The first-order valence-corrected chi connectivity index (χ1v) is 12.3. The van der Waals surface area contributed by atoms with Crippen LogP contribution in [0.15, 0.2) is 72.9 Å². The van der Waals surface area contributed by atoms with Gasteiger partial charge >= 0.3 is 0 Å². The normalized spacial score (nSPS) is 13.9. The van der Waals surface area contributed by atoms with Crippen molar-refractivity contribution in [3.63, 3.8) is 0 Å². The summed E-state index contributed by atoms with van der Waals surface area (Å²) < 4.78 is 6.01. The number of hydrogen-bond acceptors (Lipinski definition) is 5. The summed E-state index contributed by atoms with van der Waals surface area (Å²) in [5.74, 6) is 0.670. The van der Waals surface area contributed by atoms with Gasteiger partial charge in [0.2, 0.25) is 5.88 Å². The Morgan fingerprint density at radius 1 is 1.17 bits per heavy atom. The third-order valence-corrected chi connectivity index (χ3v) is 5.62. The summed E-state index contributed by atoms with van der Waals surface area (Å²) in [6.45, 7) is 12.5. The van der Waals surface area contributed by atoms with Crippen LogP contribution in [0.2, 0.25) is 0 Å². The lowest BCUT2D eigenvalue weighted by Gasteiger charge is -2.27. The maximum Gasteiger partial charge on any atom is 0.237 e. The van der Waals surface area contributed by atoms with E-state index in [0.717, 1.165) is 42.9 Å². The van der Waals surface area contributed by atoms with Crippen LogP contribution in [0.4, 0.5) is 5.69 Å². The molecule has 1 unspecified atom stereocenters. The van der Waals surface area contributed by atoms with Gasteiger partial charge in [0.25, 0.3) is 0 Å². The minimum absolute atomic E-state index is 0.0562. The highest BCUT2D eigenvalue weighted by atomic mass is 16.5. The molecule has 184 valence electrons. The van der Waals surface area contributed by atoms with E-state index in [-0.39, 0.29) is 6.10 Å². The Morgan fingerprint density at radius 3 is 2.46 bits per heavy atom. The van der Waals surface area contributed by atoms with E-state index in [2.05, 4.69) is 47.7 Å². The van der Waals surface area contributed by atoms with Crippen LogP contribution >= 0.6 is 0 Å². The van der Waals surface area contributed by atoms with Gasteiger partial charge in [-0.25, -0.2) is 4.98 Å². The van der Waals surface area contributed by atoms with Crippen molar-refractivity contribution >= 4 is 11.3 Å². The van der Waals surface area contributed by atoms with E-state index in [1.54, 1.807) is 0 Å². The topological polar surface area (TPSA) is 70.0 Å². The number of rotatable bonds is 6. The summed E-state index contributed by atoms with van der Waals surface area (Å²) >= 11 is 0. The predicted octanol–water partition coefficient (Wildman–Crippen LogP) is 6.40. The zero-order valence-corrected chi connectivity index (χ0v) is 21.6. The molecule has 1 aliphatic heterocycles. The molecule has 3 aromatic rings. The number of pyridine rings is 1. The first-order valence-electron chi connectivity index (χ1n) is 12.3. The Balaban J connectivity index is 0.000000463. The minimum atomic E-state index is 0.0562. The number of allylic oxidation sites excluding steroid dienone is 2. The molecule has 0 bridgehead atoms. The largest absolute Gasteiger partial charge is 0.470 e. The summed E-state index contributed by atoms with van der Waals surface area (Å²) in [4.78, 5) is 4.46. The fraction of sp³-hybridized carbons (Fsp3) is 0.333. The molecule has 2 N–H and O–H groups in total. The third kappa shape index (κ3) is 8.92. The number of nitrogens with zero attached hydrogens (tertiary/aromatic N) is 2. The van der Waals surface area contributed by atoms with Gasteiger partial charge in [-0.05, 0) is 74.2 Å². The van der Waals surface area contributed by atoms with Crippen molar-refractivity contribution in [2.45, 2.75) is 47.1 Å². The number of fused-ring (bicyclic) bond motifs is 1. The molecule has 35 heavy (non-hydrogen) atoms. The molecule has 5 heteroatoms. The van der Waals surface area contributed by atoms with Crippen LogP contribution in [0, 0.1) is 18.3 Å². The second-order valence-electron chi connectivity index (χ2n) is 8.03. The van der Waals surface area contributed by atoms with E-state index in [1.807, 2.05) is 81.6 Å². The molecule has 5 nitrogen and oxygen atoms in total. The summed E-state index contributed by atoms with van der Waals surface area (Å²) in [6.07, 6.45) is 4.92. The standard InChI is InChI=1S/C22H26N4O.C6H6.C2H6/c1-4-15(2)19-10-21-22(26-12-19)27-20(14-25-21)13-24-8-7-18-6-5-17(11-23)9-16(18)3;1-2-4-6-5-3-1;1-2/h4-6,9-10,12,20,24-25H,7-8,13-14H2,1-3H3;1-6H;1-2H3/b15-4+;;. The summed E-state index contributed by atoms with van der Waals surface area (Å²) in [6, 6.07) is 22.1. The Labute approximate surface area is 210 Å². The summed E-state index contributed by atoms with van der Waals surface area (Å²) in [5, 5.41) is 15.8. The molecule has 0 radical (unpaired) electrons. The Morgan fingerprint density at radius 2 is 1.86 bits per heavy atom. The number of nitriles is 1. The third-order valence-electron chi connectivity index (χ3n) is 5.62. The number of aryl methyl sites for hydroxylation is 1. The van der Waals surface area contributed by atoms with E-state index < -0.39 is 0 Å². The highest BCUT2D eigenvalue weighted by molar-refractivity contribution is 5.68. The average molecular weight is 471 g/mol. The monoisotopic (exact) mass is 470 g/mol. The van der Waals surface area contributed by atoms with Crippen LogP contribution in [0.3, 0.4) is 0 Å². The highest BCUT2D eigenvalue weighted by Crippen LogP contribution is 2.29. The highest BCUT2D eigenvalue weighted by Gasteiger charge is 2.20. The van der Waals surface area contributed by atoms with E-state index in [0.29, 0.717) is 11.4 Å². The molecule has 0 spiro atoms. The molecule has 0 aliphatic carbocycles. The Kier molecular flexibility index (Phi) is 12.1. The van der Waals surface area contributed by atoms with Gasteiger partial charge in [0.05, 0.1) is 23.9 Å². The van der Waals surface area contributed by atoms with Gasteiger partial charge in [-0.1, -0.05) is 62.4 Å². The zero-order valence-electron chi connectivity index (χ0n) is 21.6. The quantitative estimate of drug-likeness (QED) is 0.408. The van der Waals surface area contributed by atoms with Crippen molar-refractivity contribution in [2.24, 2.45) is 0 Å². The van der Waals surface area contributed by atoms with Gasteiger partial charge in [0.1, 0.15) is 6.10 Å². The molecule has 4 rings (SSSR count). The van der Waals surface area contributed by atoms with Crippen LogP contribution in [0.5, 0.6) is 5.88 Å². The van der Waals surface area contributed by atoms with Gasteiger partial charge in [-0.15, -0.1) is 0 Å². The SMILES string of the molecule is C/C=C(\C)c1cnc2c(c1)NCC(CNCCc1ccc(C#N)cc1C)O2.CC.c1ccccc1. The second-order valence-corrected chi connectivity index (χ2v) is 8.03. The lowest BCUT2D eigenvalue weighted by Crippen LogP contribution is -2.40. The first kappa shape index (κ1) is 27.6. The van der Waals surface area contributed by atoms with Crippen LogP contribution in [0.25, 0.3) is 5.57 Å². The maximum absolute atomic E-state index is 8.95. The summed E-state index contributed by atoms with van der Waals surface area (Å²) in [7, 11) is 0. The first-order chi connectivity index (χ1) is 17.1. The second kappa shape index (κ2) is 15.3. The van der Waals surface area contributed by atoms with Crippen LogP contribution in [0.1, 0.15) is 49.9 Å². The average Bonchev–Trinajstić information content (AvgIpc) is 2.93. The smallest absolute Gasteiger partial charge is 0.237 e. The minimum Gasteiger partial charge on any atom is -0.470 e.